The smallest absolute Gasteiger partial charge is 0.254 e. The second-order valence-electron chi connectivity index (χ2n) is 4.65. The van der Waals surface area contributed by atoms with Crippen LogP contribution < -0.4 is 5.32 Å². The van der Waals surface area contributed by atoms with Crippen molar-refractivity contribution in [1.29, 1.82) is 0 Å². The van der Waals surface area contributed by atoms with E-state index in [1.54, 1.807) is 4.90 Å². The van der Waals surface area contributed by atoms with Crippen LogP contribution in [0.25, 0.3) is 0 Å². The van der Waals surface area contributed by atoms with Gasteiger partial charge in [-0.05, 0) is 39.8 Å². The molecule has 0 unspecified atom stereocenters. The number of hydrogen-bond acceptors (Lipinski definition) is 2. The van der Waals surface area contributed by atoms with Crippen LogP contribution in [0.3, 0.4) is 0 Å². The minimum Gasteiger partial charge on any atom is -0.355 e. The minimum atomic E-state index is -0.123. The fourth-order valence-electron chi connectivity index (χ4n) is 2.03. The molecule has 0 spiro atoms. The molecule has 0 aliphatic rings. The van der Waals surface area contributed by atoms with Gasteiger partial charge in [-0.15, -0.1) is 0 Å². The number of rotatable bonds is 5. The van der Waals surface area contributed by atoms with Gasteiger partial charge in [0, 0.05) is 18.7 Å². The summed E-state index contributed by atoms with van der Waals surface area (Å²) in [5.41, 5.74) is 2.75. The molecule has 0 bridgehead atoms. The zero-order valence-corrected chi connectivity index (χ0v) is 12.1. The predicted molar refractivity (Wildman–Crippen MR) is 76.2 cm³/mol. The van der Waals surface area contributed by atoms with Crippen LogP contribution in [-0.4, -0.2) is 36.3 Å². The van der Waals surface area contributed by atoms with Crippen molar-refractivity contribution in [2.45, 2.75) is 27.7 Å². The molecule has 0 heterocycles. The average Bonchev–Trinajstić information content (AvgIpc) is 2.34. The first kappa shape index (κ1) is 15.2. The van der Waals surface area contributed by atoms with E-state index < -0.39 is 0 Å². The average molecular weight is 262 g/mol. The molecule has 0 aromatic heterocycles. The maximum absolute atomic E-state index is 12.4. The lowest BCUT2D eigenvalue weighted by molar-refractivity contribution is -0.121. The second kappa shape index (κ2) is 6.92. The number of benzene rings is 1. The second-order valence-corrected chi connectivity index (χ2v) is 4.65. The Morgan fingerprint density at radius 2 is 1.68 bits per heavy atom. The Morgan fingerprint density at radius 1 is 1.11 bits per heavy atom. The summed E-state index contributed by atoms with van der Waals surface area (Å²) in [5.74, 6) is -0.220. The first-order valence-electron chi connectivity index (χ1n) is 6.62. The van der Waals surface area contributed by atoms with Gasteiger partial charge in [-0.2, -0.15) is 0 Å². The molecule has 0 saturated carbocycles. The number of amides is 2. The van der Waals surface area contributed by atoms with Crippen LogP contribution in [0.2, 0.25) is 0 Å². The van der Waals surface area contributed by atoms with Gasteiger partial charge in [0.15, 0.2) is 0 Å². The van der Waals surface area contributed by atoms with E-state index in [-0.39, 0.29) is 18.4 Å². The molecule has 104 valence electrons. The van der Waals surface area contributed by atoms with Crippen LogP contribution in [0.5, 0.6) is 0 Å². The van der Waals surface area contributed by atoms with Crippen LogP contribution >= 0.6 is 0 Å². The van der Waals surface area contributed by atoms with Gasteiger partial charge >= 0.3 is 0 Å². The van der Waals surface area contributed by atoms with Crippen molar-refractivity contribution < 1.29 is 9.59 Å². The zero-order valence-electron chi connectivity index (χ0n) is 12.1. The SMILES string of the molecule is CCNC(=O)CN(CC)C(=O)c1cc(C)cc(C)c1. The molecule has 1 aromatic rings. The molecular weight excluding hydrogens is 240 g/mol. The highest BCUT2D eigenvalue weighted by Crippen LogP contribution is 2.11. The van der Waals surface area contributed by atoms with Gasteiger partial charge in [-0.3, -0.25) is 9.59 Å². The van der Waals surface area contributed by atoms with Gasteiger partial charge in [-0.1, -0.05) is 17.2 Å². The Bertz CT molecular complexity index is 449. The number of likely N-dealkylation sites (N-methyl/N-ethyl adjacent to an activating group) is 2. The number of carbonyl (C=O) groups is 2. The summed E-state index contributed by atoms with van der Waals surface area (Å²) in [7, 11) is 0. The maximum Gasteiger partial charge on any atom is 0.254 e. The van der Waals surface area contributed by atoms with E-state index >= 15 is 0 Å². The van der Waals surface area contributed by atoms with Crippen LogP contribution in [0.4, 0.5) is 0 Å². The van der Waals surface area contributed by atoms with E-state index in [0.29, 0.717) is 18.7 Å². The van der Waals surface area contributed by atoms with E-state index in [1.807, 2.05) is 45.9 Å². The first-order valence-corrected chi connectivity index (χ1v) is 6.62. The number of nitrogens with zero attached hydrogens (tertiary/aromatic N) is 1. The zero-order chi connectivity index (χ0) is 14.4. The lowest BCUT2D eigenvalue weighted by atomic mass is 10.1. The lowest BCUT2D eigenvalue weighted by Crippen LogP contribution is -2.40. The van der Waals surface area contributed by atoms with Crippen molar-refractivity contribution in [2.24, 2.45) is 0 Å². The molecule has 19 heavy (non-hydrogen) atoms. The summed E-state index contributed by atoms with van der Waals surface area (Å²) in [6, 6.07) is 5.74. The third-order valence-electron chi connectivity index (χ3n) is 2.85. The molecule has 0 aliphatic heterocycles. The summed E-state index contributed by atoms with van der Waals surface area (Å²) >= 11 is 0. The lowest BCUT2D eigenvalue weighted by Gasteiger charge is -2.20. The van der Waals surface area contributed by atoms with Gasteiger partial charge < -0.3 is 10.2 Å². The highest BCUT2D eigenvalue weighted by molar-refractivity contribution is 5.96. The third-order valence-corrected chi connectivity index (χ3v) is 2.85. The van der Waals surface area contributed by atoms with Crippen molar-refractivity contribution in [1.82, 2.24) is 10.2 Å². The van der Waals surface area contributed by atoms with Gasteiger partial charge in [-0.25, -0.2) is 0 Å². The first-order chi connectivity index (χ1) is 8.97. The topological polar surface area (TPSA) is 49.4 Å². The molecule has 4 heteroatoms. The number of nitrogens with one attached hydrogen (secondary N) is 1. The summed E-state index contributed by atoms with van der Waals surface area (Å²) in [6.45, 7) is 8.86. The van der Waals surface area contributed by atoms with Crippen molar-refractivity contribution in [3.8, 4) is 0 Å². The molecular formula is C15H22N2O2. The van der Waals surface area contributed by atoms with E-state index in [0.717, 1.165) is 11.1 Å². The highest BCUT2D eigenvalue weighted by atomic mass is 16.2. The van der Waals surface area contributed by atoms with E-state index in [2.05, 4.69) is 5.32 Å². The van der Waals surface area contributed by atoms with Crippen LogP contribution in [-0.2, 0) is 4.79 Å². The fourth-order valence-corrected chi connectivity index (χ4v) is 2.03. The van der Waals surface area contributed by atoms with Crippen LogP contribution in [0.15, 0.2) is 18.2 Å². The molecule has 0 aliphatic carbocycles. The molecule has 0 saturated heterocycles. The summed E-state index contributed by atoms with van der Waals surface area (Å²) in [6.07, 6.45) is 0. The van der Waals surface area contributed by atoms with E-state index in [4.69, 9.17) is 0 Å². The van der Waals surface area contributed by atoms with Crippen LogP contribution in [0, 0.1) is 13.8 Å². The van der Waals surface area contributed by atoms with Gasteiger partial charge in [0.2, 0.25) is 5.91 Å². The standard InChI is InChI=1S/C15H22N2O2/c1-5-16-14(18)10-17(6-2)15(19)13-8-11(3)7-12(4)9-13/h7-9H,5-6,10H2,1-4H3,(H,16,18). The number of hydrogen-bond donors (Lipinski definition) is 1. The van der Waals surface area contributed by atoms with Crippen molar-refractivity contribution in [3.63, 3.8) is 0 Å². The normalized spacial score (nSPS) is 10.1. The molecule has 1 aromatic carbocycles. The maximum atomic E-state index is 12.4. The van der Waals surface area contributed by atoms with Crippen molar-refractivity contribution in [3.05, 3.63) is 34.9 Å². The third kappa shape index (κ3) is 4.39. The van der Waals surface area contributed by atoms with Gasteiger partial charge in [0.25, 0.3) is 5.91 Å². The van der Waals surface area contributed by atoms with E-state index in [9.17, 15) is 9.59 Å². The Balaban J connectivity index is 2.86. The Labute approximate surface area is 114 Å². The van der Waals surface area contributed by atoms with Crippen molar-refractivity contribution >= 4 is 11.8 Å². The van der Waals surface area contributed by atoms with Crippen molar-refractivity contribution in [2.75, 3.05) is 19.6 Å². The summed E-state index contributed by atoms with van der Waals surface area (Å²) in [5, 5.41) is 2.71. The largest absolute Gasteiger partial charge is 0.355 e. The molecule has 0 radical (unpaired) electrons. The Kier molecular flexibility index (Phi) is 5.55. The van der Waals surface area contributed by atoms with Gasteiger partial charge in [0.1, 0.15) is 0 Å². The number of aryl methyl sites for hydroxylation is 2. The monoisotopic (exact) mass is 262 g/mol. The predicted octanol–water partition coefficient (Wildman–Crippen LogP) is 1.90. The highest BCUT2D eigenvalue weighted by Gasteiger charge is 2.17. The summed E-state index contributed by atoms with van der Waals surface area (Å²) in [4.78, 5) is 25.5. The minimum absolute atomic E-state index is 0.0967. The van der Waals surface area contributed by atoms with Gasteiger partial charge in [0.05, 0.1) is 6.54 Å². The molecule has 0 fully saturated rings. The quantitative estimate of drug-likeness (QED) is 0.881. The Morgan fingerprint density at radius 3 is 2.16 bits per heavy atom. The molecule has 1 rings (SSSR count). The molecule has 2 amide bonds. The molecule has 4 nitrogen and oxygen atoms in total. The van der Waals surface area contributed by atoms with Crippen LogP contribution in [0.1, 0.15) is 35.3 Å². The van der Waals surface area contributed by atoms with E-state index in [1.165, 1.54) is 0 Å². The number of carbonyl (C=O) groups excluding carboxylic acids is 2. The fraction of sp³-hybridized carbons (Fsp3) is 0.467. The molecule has 1 N–H and O–H groups in total. The molecule has 0 atom stereocenters. The summed E-state index contributed by atoms with van der Waals surface area (Å²) < 4.78 is 0. The Hall–Kier alpha value is -1.84.